The first kappa shape index (κ1) is 24.4. The maximum Gasteiger partial charge on any atom is 0.321 e. The molecule has 3 aromatic rings. The van der Waals surface area contributed by atoms with Gasteiger partial charge < -0.3 is 14.8 Å². The van der Waals surface area contributed by atoms with Gasteiger partial charge in [-0.15, -0.1) is 10.2 Å². The van der Waals surface area contributed by atoms with Crippen molar-refractivity contribution in [3.8, 4) is 17.2 Å². The van der Waals surface area contributed by atoms with Crippen molar-refractivity contribution in [1.29, 1.82) is 0 Å². The van der Waals surface area contributed by atoms with Crippen LogP contribution < -0.4 is 20.1 Å². The number of halogens is 1. The lowest BCUT2D eigenvalue weighted by molar-refractivity contribution is -0.117. The fourth-order valence-electron chi connectivity index (χ4n) is 2.77. The summed E-state index contributed by atoms with van der Waals surface area (Å²) in [6.07, 6.45) is 0. The third-order valence-corrected chi connectivity index (χ3v) is 5.77. The average molecular weight is 490 g/mol. The number of hydrogen-bond acceptors (Lipinski definition) is 7. The van der Waals surface area contributed by atoms with E-state index in [1.54, 1.807) is 10.6 Å². The molecule has 2 aromatic carbocycles. The minimum atomic E-state index is -0.572. The van der Waals surface area contributed by atoms with E-state index in [4.69, 9.17) is 21.1 Å². The van der Waals surface area contributed by atoms with E-state index in [9.17, 15) is 9.59 Å². The zero-order valence-electron chi connectivity index (χ0n) is 18.4. The van der Waals surface area contributed by atoms with Gasteiger partial charge >= 0.3 is 6.03 Å². The molecule has 3 amide bonds. The standard InChI is InChI=1S/C22H24ClN5O4S/c1-4-31-16-7-9-17(10-8-16)32-12-19-26-27-22(33-13-20(29)25-21(30)24-3)28(19)15-6-5-14(2)18(23)11-15/h5-11H,4,12-13H2,1-3H3,(H2,24,25,29,30). The van der Waals surface area contributed by atoms with E-state index in [1.165, 1.54) is 7.05 Å². The Balaban J connectivity index is 1.81. The van der Waals surface area contributed by atoms with Crippen LogP contribution in [0.2, 0.25) is 5.02 Å². The fourth-order valence-corrected chi connectivity index (χ4v) is 3.72. The lowest BCUT2D eigenvalue weighted by Crippen LogP contribution is -2.38. The topological polar surface area (TPSA) is 107 Å². The zero-order valence-corrected chi connectivity index (χ0v) is 20.0. The summed E-state index contributed by atoms with van der Waals surface area (Å²) in [5.74, 6) is 1.46. The third kappa shape index (κ3) is 6.62. The largest absolute Gasteiger partial charge is 0.494 e. The molecule has 0 fully saturated rings. The highest BCUT2D eigenvalue weighted by atomic mass is 35.5. The summed E-state index contributed by atoms with van der Waals surface area (Å²) in [7, 11) is 1.43. The number of imide groups is 1. The van der Waals surface area contributed by atoms with Gasteiger partial charge in [-0.3, -0.25) is 14.7 Å². The molecule has 0 aliphatic carbocycles. The second kappa shape index (κ2) is 11.6. The summed E-state index contributed by atoms with van der Waals surface area (Å²) >= 11 is 7.48. The minimum Gasteiger partial charge on any atom is -0.494 e. The Morgan fingerprint density at radius 3 is 2.42 bits per heavy atom. The summed E-state index contributed by atoms with van der Waals surface area (Å²) < 4.78 is 13.1. The number of hydrogen-bond donors (Lipinski definition) is 2. The van der Waals surface area contributed by atoms with E-state index in [0.717, 1.165) is 28.8 Å². The van der Waals surface area contributed by atoms with Gasteiger partial charge in [0.15, 0.2) is 11.0 Å². The van der Waals surface area contributed by atoms with Gasteiger partial charge in [-0.25, -0.2) is 4.79 Å². The van der Waals surface area contributed by atoms with Crippen molar-refractivity contribution < 1.29 is 19.1 Å². The summed E-state index contributed by atoms with van der Waals surface area (Å²) in [6.45, 7) is 4.56. The molecule has 3 rings (SSSR count). The van der Waals surface area contributed by atoms with E-state index in [2.05, 4.69) is 20.8 Å². The first-order valence-corrected chi connectivity index (χ1v) is 11.5. The number of carbonyl (C=O) groups is 2. The Morgan fingerprint density at radius 2 is 1.79 bits per heavy atom. The molecule has 0 atom stereocenters. The molecule has 9 nitrogen and oxygen atoms in total. The van der Waals surface area contributed by atoms with Crippen molar-refractivity contribution in [3.63, 3.8) is 0 Å². The van der Waals surface area contributed by atoms with Crippen molar-refractivity contribution in [3.05, 3.63) is 58.9 Å². The van der Waals surface area contributed by atoms with Gasteiger partial charge in [0.1, 0.15) is 18.1 Å². The van der Waals surface area contributed by atoms with Crippen LogP contribution >= 0.6 is 23.4 Å². The summed E-state index contributed by atoms with van der Waals surface area (Å²) in [6, 6.07) is 12.3. The average Bonchev–Trinajstić information content (AvgIpc) is 3.22. The third-order valence-electron chi connectivity index (χ3n) is 4.43. The fraction of sp³-hybridized carbons (Fsp3) is 0.273. The number of urea groups is 1. The van der Waals surface area contributed by atoms with E-state index in [-0.39, 0.29) is 12.4 Å². The van der Waals surface area contributed by atoms with Crippen LogP contribution in [0.4, 0.5) is 4.79 Å². The number of thioether (sulfide) groups is 1. The van der Waals surface area contributed by atoms with Gasteiger partial charge in [-0.1, -0.05) is 29.4 Å². The first-order chi connectivity index (χ1) is 15.9. The predicted molar refractivity (Wildman–Crippen MR) is 126 cm³/mol. The van der Waals surface area contributed by atoms with Gasteiger partial charge in [0.25, 0.3) is 0 Å². The molecule has 1 aromatic heterocycles. The highest BCUT2D eigenvalue weighted by Crippen LogP contribution is 2.26. The zero-order chi connectivity index (χ0) is 23.8. The molecule has 33 heavy (non-hydrogen) atoms. The van der Waals surface area contributed by atoms with Crippen molar-refractivity contribution in [2.24, 2.45) is 0 Å². The van der Waals surface area contributed by atoms with Gasteiger partial charge in [-0.2, -0.15) is 0 Å². The monoisotopic (exact) mass is 489 g/mol. The SMILES string of the molecule is CCOc1ccc(OCc2nnc(SCC(=O)NC(=O)NC)n2-c2ccc(C)c(Cl)c2)cc1. The molecular weight excluding hydrogens is 466 g/mol. The molecule has 0 radical (unpaired) electrons. The van der Waals surface area contributed by atoms with E-state index >= 15 is 0 Å². The number of rotatable bonds is 9. The molecule has 0 saturated carbocycles. The van der Waals surface area contributed by atoms with E-state index in [1.807, 2.05) is 50.2 Å². The molecule has 0 saturated heterocycles. The Labute approximate surface area is 200 Å². The quantitative estimate of drug-likeness (QED) is 0.441. The van der Waals surface area contributed by atoms with Crippen molar-refractivity contribution in [2.75, 3.05) is 19.4 Å². The number of aromatic nitrogens is 3. The van der Waals surface area contributed by atoms with Crippen LogP contribution in [0.15, 0.2) is 47.6 Å². The highest BCUT2D eigenvalue weighted by Gasteiger charge is 2.18. The van der Waals surface area contributed by atoms with Crippen LogP contribution in [0, 0.1) is 6.92 Å². The number of carbonyl (C=O) groups excluding carboxylic acids is 2. The molecule has 174 valence electrons. The van der Waals surface area contributed by atoms with Crippen molar-refractivity contribution in [2.45, 2.75) is 25.6 Å². The number of nitrogens with zero attached hydrogens (tertiary/aromatic N) is 3. The van der Waals surface area contributed by atoms with Crippen molar-refractivity contribution in [1.82, 2.24) is 25.4 Å². The predicted octanol–water partition coefficient (Wildman–Crippen LogP) is 3.75. The van der Waals surface area contributed by atoms with Gasteiger partial charge in [0, 0.05) is 12.1 Å². The van der Waals surface area contributed by atoms with Crippen LogP contribution in [0.1, 0.15) is 18.3 Å². The maximum atomic E-state index is 12.0. The molecular formula is C22H24ClN5O4S. The molecule has 2 N–H and O–H groups in total. The van der Waals surface area contributed by atoms with Crippen LogP contribution in [-0.2, 0) is 11.4 Å². The van der Waals surface area contributed by atoms with Crippen LogP contribution in [0.5, 0.6) is 11.5 Å². The smallest absolute Gasteiger partial charge is 0.321 e. The Morgan fingerprint density at radius 1 is 1.09 bits per heavy atom. The molecule has 0 aliphatic heterocycles. The van der Waals surface area contributed by atoms with Gasteiger partial charge in [-0.05, 0) is 55.8 Å². The number of aryl methyl sites for hydroxylation is 1. The molecule has 0 spiro atoms. The summed E-state index contributed by atoms with van der Waals surface area (Å²) in [4.78, 5) is 23.4. The summed E-state index contributed by atoms with van der Waals surface area (Å²) in [5, 5.41) is 14.1. The van der Waals surface area contributed by atoms with E-state index in [0.29, 0.717) is 28.4 Å². The molecule has 0 bridgehead atoms. The van der Waals surface area contributed by atoms with Gasteiger partial charge in [0.05, 0.1) is 18.0 Å². The number of benzene rings is 2. The number of nitrogens with one attached hydrogen (secondary N) is 2. The van der Waals surface area contributed by atoms with Gasteiger partial charge in [0.2, 0.25) is 5.91 Å². The lowest BCUT2D eigenvalue weighted by atomic mass is 10.2. The van der Waals surface area contributed by atoms with Crippen LogP contribution in [0.3, 0.4) is 0 Å². The summed E-state index contributed by atoms with van der Waals surface area (Å²) in [5.41, 5.74) is 1.66. The Bertz CT molecular complexity index is 1120. The molecule has 11 heteroatoms. The normalized spacial score (nSPS) is 10.5. The molecule has 0 unspecified atom stereocenters. The second-order valence-corrected chi connectivity index (χ2v) is 8.13. The highest BCUT2D eigenvalue weighted by molar-refractivity contribution is 7.99. The maximum absolute atomic E-state index is 12.0. The second-order valence-electron chi connectivity index (χ2n) is 6.78. The minimum absolute atomic E-state index is 0.0229. The number of amides is 3. The number of ether oxygens (including phenoxy) is 2. The lowest BCUT2D eigenvalue weighted by Gasteiger charge is -2.12. The Kier molecular flexibility index (Phi) is 8.56. The molecule has 1 heterocycles. The first-order valence-electron chi connectivity index (χ1n) is 10.1. The van der Waals surface area contributed by atoms with E-state index < -0.39 is 11.9 Å². The Hall–Kier alpha value is -3.24. The van der Waals surface area contributed by atoms with Crippen molar-refractivity contribution >= 4 is 35.3 Å². The van der Waals surface area contributed by atoms with Crippen LogP contribution in [-0.4, -0.2) is 46.1 Å². The molecule has 0 aliphatic rings. The van der Waals surface area contributed by atoms with Crippen LogP contribution in [0.25, 0.3) is 5.69 Å².